The van der Waals surface area contributed by atoms with E-state index >= 15 is 0 Å². The van der Waals surface area contributed by atoms with Crippen LogP contribution < -0.4 is 0 Å². The SMILES string of the molecule is CC(C)CCOC1CCCCC1C. The van der Waals surface area contributed by atoms with Crippen molar-refractivity contribution in [1.29, 1.82) is 0 Å². The zero-order valence-corrected chi connectivity index (χ0v) is 9.38. The molecule has 2 unspecified atom stereocenters. The summed E-state index contributed by atoms with van der Waals surface area (Å²) in [5, 5.41) is 0. The zero-order chi connectivity index (χ0) is 9.68. The Morgan fingerprint density at radius 1 is 1.23 bits per heavy atom. The molecule has 1 rings (SSSR count). The molecule has 78 valence electrons. The summed E-state index contributed by atoms with van der Waals surface area (Å²) >= 11 is 0. The Labute approximate surface area is 82.9 Å². The summed E-state index contributed by atoms with van der Waals surface area (Å²) < 4.78 is 5.91. The third-order valence-corrected chi connectivity index (χ3v) is 3.06. The van der Waals surface area contributed by atoms with Gasteiger partial charge in [-0.1, -0.05) is 33.6 Å². The number of hydrogen-bond acceptors (Lipinski definition) is 1. The highest BCUT2D eigenvalue weighted by molar-refractivity contribution is 4.72. The van der Waals surface area contributed by atoms with E-state index in [0.29, 0.717) is 6.10 Å². The molecule has 0 N–H and O–H groups in total. The van der Waals surface area contributed by atoms with Gasteiger partial charge in [-0.15, -0.1) is 0 Å². The number of hydrogen-bond donors (Lipinski definition) is 0. The van der Waals surface area contributed by atoms with Crippen molar-refractivity contribution in [3.05, 3.63) is 0 Å². The van der Waals surface area contributed by atoms with E-state index in [1.165, 1.54) is 32.1 Å². The Kier molecular flexibility index (Phi) is 4.79. The van der Waals surface area contributed by atoms with Crippen molar-refractivity contribution in [2.75, 3.05) is 6.61 Å². The molecule has 0 aromatic rings. The average Bonchev–Trinajstić information content (AvgIpc) is 2.08. The molecule has 0 radical (unpaired) electrons. The van der Waals surface area contributed by atoms with Crippen LogP contribution in [0.3, 0.4) is 0 Å². The number of ether oxygens (including phenoxy) is 1. The first kappa shape index (κ1) is 11.0. The van der Waals surface area contributed by atoms with Gasteiger partial charge in [-0.25, -0.2) is 0 Å². The summed E-state index contributed by atoms with van der Waals surface area (Å²) in [5.74, 6) is 1.57. The molecule has 0 aromatic heterocycles. The smallest absolute Gasteiger partial charge is 0.0600 e. The molecular formula is C12H24O. The van der Waals surface area contributed by atoms with Crippen LogP contribution in [0.5, 0.6) is 0 Å². The molecule has 2 atom stereocenters. The van der Waals surface area contributed by atoms with E-state index in [2.05, 4.69) is 20.8 Å². The van der Waals surface area contributed by atoms with E-state index < -0.39 is 0 Å². The lowest BCUT2D eigenvalue weighted by Crippen LogP contribution is -2.26. The zero-order valence-electron chi connectivity index (χ0n) is 9.38. The van der Waals surface area contributed by atoms with E-state index in [1.54, 1.807) is 0 Å². The van der Waals surface area contributed by atoms with Crippen LogP contribution in [-0.4, -0.2) is 12.7 Å². The van der Waals surface area contributed by atoms with E-state index in [0.717, 1.165) is 18.4 Å². The average molecular weight is 184 g/mol. The van der Waals surface area contributed by atoms with E-state index in [4.69, 9.17) is 4.74 Å². The van der Waals surface area contributed by atoms with Gasteiger partial charge in [0, 0.05) is 6.61 Å². The van der Waals surface area contributed by atoms with Gasteiger partial charge >= 0.3 is 0 Å². The standard InChI is InChI=1S/C12H24O/c1-10(2)8-9-13-12-7-5-4-6-11(12)3/h10-12H,4-9H2,1-3H3. The van der Waals surface area contributed by atoms with E-state index in [1.807, 2.05) is 0 Å². The van der Waals surface area contributed by atoms with Crippen LogP contribution in [0.4, 0.5) is 0 Å². The Morgan fingerprint density at radius 3 is 2.54 bits per heavy atom. The van der Waals surface area contributed by atoms with Gasteiger partial charge in [-0.2, -0.15) is 0 Å². The monoisotopic (exact) mass is 184 g/mol. The fourth-order valence-electron chi connectivity index (χ4n) is 1.98. The normalized spacial score (nSPS) is 29.5. The minimum Gasteiger partial charge on any atom is -0.378 e. The quantitative estimate of drug-likeness (QED) is 0.648. The second kappa shape index (κ2) is 5.64. The van der Waals surface area contributed by atoms with Crippen molar-refractivity contribution in [3.8, 4) is 0 Å². The van der Waals surface area contributed by atoms with E-state index in [-0.39, 0.29) is 0 Å². The molecule has 1 fully saturated rings. The predicted molar refractivity (Wildman–Crippen MR) is 56.8 cm³/mol. The van der Waals surface area contributed by atoms with Crippen LogP contribution in [0.2, 0.25) is 0 Å². The number of rotatable bonds is 4. The van der Waals surface area contributed by atoms with Crippen LogP contribution >= 0.6 is 0 Å². The van der Waals surface area contributed by atoms with Gasteiger partial charge in [0.15, 0.2) is 0 Å². The summed E-state index contributed by atoms with van der Waals surface area (Å²) in [7, 11) is 0. The van der Waals surface area contributed by atoms with E-state index in [9.17, 15) is 0 Å². The molecule has 0 spiro atoms. The molecule has 0 amide bonds. The topological polar surface area (TPSA) is 9.23 Å². The van der Waals surface area contributed by atoms with Crippen LogP contribution in [0, 0.1) is 11.8 Å². The summed E-state index contributed by atoms with van der Waals surface area (Å²) in [6.45, 7) is 7.81. The van der Waals surface area contributed by atoms with Gasteiger partial charge in [0.1, 0.15) is 0 Å². The Hall–Kier alpha value is -0.0400. The molecule has 1 aliphatic rings. The third-order valence-electron chi connectivity index (χ3n) is 3.06. The minimum atomic E-state index is 0.562. The first-order valence-corrected chi connectivity index (χ1v) is 5.81. The van der Waals surface area contributed by atoms with Gasteiger partial charge in [-0.05, 0) is 31.1 Å². The molecule has 1 saturated carbocycles. The highest BCUT2D eigenvalue weighted by Gasteiger charge is 2.21. The highest BCUT2D eigenvalue weighted by atomic mass is 16.5. The summed E-state index contributed by atoms with van der Waals surface area (Å²) in [5.41, 5.74) is 0. The maximum atomic E-state index is 5.91. The maximum absolute atomic E-state index is 5.91. The van der Waals surface area contributed by atoms with Crippen LogP contribution in [-0.2, 0) is 4.74 Å². The summed E-state index contributed by atoms with van der Waals surface area (Å²) in [4.78, 5) is 0. The lowest BCUT2D eigenvalue weighted by molar-refractivity contribution is -0.00918. The summed E-state index contributed by atoms with van der Waals surface area (Å²) in [6, 6.07) is 0. The lowest BCUT2D eigenvalue weighted by atomic mass is 9.88. The van der Waals surface area contributed by atoms with Crippen molar-refractivity contribution in [1.82, 2.24) is 0 Å². The second-order valence-corrected chi connectivity index (χ2v) is 4.85. The van der Waals surface area contributed by atoms with Crippen molar-refractivity contribution in [2.45, 2.75) is 59.0 Å². The van der Waals surface area contributed by atoms with Crippen molar-refractivity contribution >= 4 is 0 Å². The van der Waals surface area contributed by atoms with Crippen molar-refractivity contribution < 1.29 is 4.74 Å². The lowest BCUT2D eigenvalue weighted by Gasteiger charge is -2.28. The first-order chi connectivity index (χ1) is 6.20. The van der Waals surface area contributed by atoms with Gasteiger partial charge in [0.05, 0.1) is 6.10 Å². The molecular weight excluding hydrogens is 160 g/mol. The van der Waals surface area contributed by atoms with Gasteiger partial charge in [0.25, 0.3) is 0 Å². The molecule has 1 aliphatic carbocycles. The first-order valence-electron chi connectivity index (χ1n) is 5.81. The predicted octanol–water partition coefficient (Wildman–Crippen LogP) is 3.63. The van der Waals surface area contributed by atoms with Crippen molar-refractivity contribution in [2.24, 2.45) is 11.8 Å². The molecule has 0 saturated heterocycles. The van der Waals surface area contributed by atoms with Crippen molar-refractivity contribution in [3.63, 3.8) is 0 Å². The molecule has 0 heterocycles. The highest BCUT2D eigenvalue weighted by Crippen LogP contribution is 2.26. The van der Waals surface area contributed by atoms with Crippen LogP contribution in [0.25, 0.3) is 0 Å². The molecule has 1 heteroatoms. The fourth-order valence-corrected chi connectivity index (χ4v) is 1.98. The Morgan fingerprint density at radius 2 is 1.92 bits per heavy atom. The second-order valence-electron chi connectivity index (χ2n) is 4.85. The van der Waals surface area contributed by atoms with Gasteiger partial charge in [-0.3, -0.25) is 0 Å². The minimum absolute atomic E-state index is 0.562. The molecule has 1 nitrogen and oxygen atoms in total. The maximum Gasteiger partial charge on any atom is 0.0600 e. The van der Waals surface area contributed by atoms with Crippen LogP contribution in [0.1, 0.15) is 52.9 Å². The fraction of sp³-hybridized carbons (Fsp3) is 1.00. The van der Waals surface area contributed by atoms with Gasteiger partial charge < -0.3 is 4.74 Å². The molecule has 0 aliphatic heterocycles. The molecule has 13 heavy (non-hydrogen) atoms. The van der Waals surface area contributed by atoms with Crippen LogP contribution in [0.15, 0.2) is 0 Å². The Balaban J connectivity index is 2.11. The summed E-state index contributed by atoms with van der Waals surface area (Å²) in [6.07, 6.45) is 7.21. The largest absolute Gasteiger partial charge is 0.378 e. The third kappa shape index (κ3) is 4.12. The molecule has 0 aromatic carbocycles. The van der Waals surface area contributed by atoms with Gasteiger partial charge in [0.2, 0.25) is 0 Å². The molecule has 0 bridgehead atoms. The Bertz CT molecular complexity index is 131.